The molecule has 0 radical (unpaired) electrons. The van der Waals surface area contributed by atoms with Crippen molar-refractivity contribution in [1.29, 1.82) is 0 Å². The first kappa shape index (κ1) is 17.3. The van der Waals surface area contributed by atoms with Crippen molar-refractivity contribution in [2.24, 2.45) is 0 Å². The molecule has 7 heteroatoms. The van der Waals surface area contributed by atoms with E-state index in [-0.39, 0.29) is 11.7 Å². The van der Waals surface area contributed by atoms with Crippen molar-refractivity contribution in [3.8, 4) is 11.5 Å². The van der Waals surface area contributed by atoms with Crippen LogP contribution in [0.3, 0.4) is 0 Å². The van der Waals surface area contributed by atoms with Crippen LogP contribution in [0.5, 0.6) is 11.5 Å². The first-order valence-corrected chi connectivity index (χ1v) is 7.85. The van der Waals surface area contributed by atoms with Crippen molar-refractivity contribution in [2.75, 3.05) is 24.3 Å². The topological polar surface area (TPSA) is 67.4 Å². The lowest BCUT2D eigenvalue weighted by molar-refractivity contribution is 0.102. The van der Waals surface area contributed by atoms with Crippen LogP contribution in [0.4, 0.5) is 16.0 Å². The van der Waals surface area contributed by atoms with Gasteiger partial charge in [0, 0.05) is 19.7 Å². The van der Waals surface area contributed by atoms with Gasteiger partial charge in [0.1, 0.15) is 17.3 Å². The summed E-state index contributed by atoms with van der Waals surface area (Å²) >= 11 is 0. The Kier molecular flexibility index (Phi) is 5.07. The largest absolute Gasteiger partial charge is 0.457 e. The summed E-state index contributed by atoms with van der Waals surface area (Å²) < 4.78 is 18.6. The van der Waals surface area contributed by atoms with Crippen molar-refractivity contribution < 1.29 is 13.9 Å². The summed E-state index contributed by atoms with van der Waals surface area (Å²) in [5, 5.41) is 2.74. The molecule has 0 saturated carbocycles. The van der Waals surface area contributed by atoms with Crippen LogP contribution in [0.2, 0.25) is 0 Å². The second kappa shape index (κ2) is 7.60. The fraction of sp³-hybridized carbons (Fsp3) is 0.105. The standard InChI is InChI=1S/C19H17FN4O2/c1-24(2)19-21-11-15(12-22-19)23-18(25)13-4-3-5-17(10-13)26-16-8-6-14(20)7-9-16/h3-12H,1-2H3,(H,23,25). The number of amides is 1. The molecule has 0 spiro atoms. The molecule has 6 nitrogen and oxygen atoms in total. The maximum atomic E-state index is 13.0. The number of nitrogens with zero attached hydrogens (tertiary/aromatic N) is 3. The van der Waals surface area contributed by atoms with Crippen LogP contribution in [-0.4, -0.2) is 30.0 Å². The highest BCUT2D eigenvalue weighted by atomic mass is 19.1. The Morgan fingerprint density at radius 2 is 1.73 bits per heavy atom. The minimum atomic E-state index is -0.340. The number of anilines is 2. The molecule has 0 aliphatic rings. The predicted molar refractivity (Wildman–Crippen MR) is 97.2 cm³/mol. The Bertz CT molecular complexity index is 896. The van der Waals surface area contributed by atoms with Gasteiger partial charge in [0.25, 0.3) is 5.91 Å². The van der Waals surface area contributed by atoms with E-state index in [4.69, 9.17) is 4.74 Å². The van der Waals surface area contributed by atoms with E-state index in [1.807, 2.05) is 14.1 Å². The molecule has 0 aliphatic carbocycles. The van der Waals surface area contributed by atoms with E-state index < -0.39 is 0 Å². The van der Waals surface area contributed by atoms with Gasteiger partial charge in [-0.05, 0) is 42.5 Å². The quantitative estimate of drug-likeness (QED) is 0.758. The van der Waals surface area contributed by atoms with Gasteiger partial charge in [-0.1, -0.05) is 6.07 Å². The zero-order chi connectivity index (χ0) is 18.5. The zero-order valence-electron chi connectivity index (χ0n) is 14.3. The molecule has 1 amide bonds. The average Bonchev–Trinajstić information content (AvgIpc) is 2.64. The Morgan fingerprint density at radius 1 is 1.04 bits per heavy atom. The number of hydrogen-bond acceptors (Lipinski definition) is 5. The predicted octanol–water partition coefficient (Wildman–Crippen LogP) is 3.73. The molecule has 0 atom stereocenters. The Balaban J connectivity index is 1.70. The molecule has 2 aromatic carbocycles. The molecule has 0 unspecified atom stereocenters. The Labute approximate surface area is 150 Å². The van der Waals surface area contributed by atoms with Crippen LogP contribution >= 0.6 is 0 Å². The Morgan fingerprint density at radius 3 is 2.38 bits per heavy atom. The normalized spacial score (nSPS) is 10.3. The minimum absolute atomic E-state index is 0.309. The first-order chi connectivity index (χ1) is 12.5. The lowest BCUT2D eigenvalue weighted by atomic mass is 10.2. The lowest BCUT2D eigenvalue weighted by Gasteiger charge is -2.11. The third-order valence-electron chi connectivity index (χ3n) is 3.44. The highest BCUT2D eigenvalue weighted by Crippen LogP contribution is 2.23. The second-order valence-electron chi connectivity index (χ2n) is 5.70. The number of hydrogen-bond donors (Lipinski definition) is 1. The van der Waals surface area contributed by atoms with Crippen molar-refractivity contribution >= 4 is 17.5 Å². The van der Waals surface area contributed by atoms with Crippen LogP contribution in [-0.2, 0) is 0 Å². The zero-order valence-corrected chi connectivity index (χ0v) is 14.3. The SMILES string of the molecule is CN(C)c1ncc(NC(=O)c2cccc(Oc3ccc(F)cc3)c2)cn1. The summed E-state index contributed by atoms with van der Waals surface area (Å²) in [7, 11) is 3.67. The number of benzene rings is 2. The summed E-state index contributed by atoms with van der Waals surface area (Å²) in [6.07, 6.45) is 3.08. The van der Waals surface area contributed by atoms with Gasteiger partial charge in [0.05, 0.1) is 18.1 Å². The number of rotatable bonds is 5. The molecule has 1 aromatic heterocycles. The third-order valence-corrected chi connectivity index (χ3v) is 3.44. The van der Waals surface area contributed by atoms with E-state index >= 15 is 0 Å². The van der Waals surface area contributed by atoms with Crippen LogP contribution in [0.1, 0.15) is 10.4 Å². The van der Waals surface area contributed by atoms with E-state index in [9.17, 15) is 9.18 Å². The van der Waals surface area contributed by atoms with Gasteiger partial charge in [0.15, 0.2) is 0 Å². The molecule has 26 heavy (non-hydrogen) atoms. The van der Waals surface area contributed by atoms with Crippen molar-refractivity contribution in [1.82, 2.24) is 9.97 Å². The molecule has 0 saturated heterocycles. The molecular weight excluding hydrogens is 335 g/mol. The number of carbonyl (C=O) groups excluding carboxylic acids is 1. The van der Waals surface area contributed by atoms with Crippen LogP contribution < -0.4 is 15.0 Å². The number of ether oxygens (including phenoxy) is 1. The van der Waals surface area contributed by atoms with Crippen LogP contribution in [0.25, 0.3) is 0 Å². The fourth-order valence-electron chi connectivity index (χ4n) is 2.16. The number of carbonyl (C=O) groups is 1. The van der Waals surface area contributed by atoms with Gasteiger partial charge in [-0.25, -0.2) is 14.4 Å². The third kappa shape index (κ3) is 4.32. The summed E-state index contributed by atoms with van der Waals surface area (Å²) in [5.74, 6) is 0.863. The fourth-order valence-corrected chi connectivity index (χ4v) is 2.16. The highest BCUT2D eigenvalue weighted by Gasteiger charge is 2.09. The molecule has 3 rings (SSSR count). The Hall–Kier alpha value is -3.48. The highest BCUT2D eigenvalue weighted by molar-refractivity contribution is 6.04. The summed E-state index contributed by atoms with van der Waals surface area (Å²) in [6, 6.07) is 12.4. The number of halogens is 1. The molecule has 3 aromatic rings. The van der Waals surface area contributed by atoms with E-state index in [2.05, 4.69) is 15.3 Å². The van der Waals surface area contributed by atoms with Crippen molar-refractivity contribution in [3.05, 3.63) is 72.3 Å². The van der Waals surface area contributed by atoms with E-state index in [1.54, 1.807) is 41.6 Å². The van der Waals surface area contributed by atoms with Crippen LogP contribution in [0, 0.1) is 5.82 Å². The second-order valence-corrected chi connectivity index (χ2v) is 5.70. The molecule has 0 fully saturated rings. The monoisotopic (exact) mass is 352 g/mol. The van der Waals surface area contributed by atoms with Gasteiger partial charge in [0.2, 0.25) is 5.95 Å². The number of aromatic nitrogens is 2. The van der Waals surface area contributed by atoms with Crippen molar-refractivity contribution in [2.45, 2.75) is 0 Å². The summed E-state index contributed by atoms with van der Waals surface area (Å²) in [4.78, 5) is 22.5. The number of nitrogens with one attached hydrogen (secondary N) is 1. The van der Waals surface area contributed by atoms with Gasteiger partial charge in [-0.3, -0.25) is 4.79 Å². The van der Waals surface area contributed by atoms with Gasteiger partial charge in [-0.15, -0.1) is 0 Å². The van der Waals surface area contributed by atoms with E-state index in [0.717, 1.165) is 0 Å². The molecule has 0 aliphatic heterocycles. The molecular formula is C19H17FN4O2. The van der Waals surface area contributed by atoms with E-state index in [1.165, 1.54) is 24.3 Å². The maximum absolute atomic E-state index is 13.0. The van der Waals surface area contributed by atoms with Gasteiger partial charge in [-0.2, -0.15) is 0 Å². The summed E-state index contributed by atoms with van der Waals surface area (Å²) in [6.45, 7) is 0. The maximum Gasteiger partial charge on any atom is 0.255 e. The molecule has 0 bridgehead atoms. The van der Waals surface area contributed by atoms with E-state index in [0.29, 0.717) is 28.7 Å². The smallest absolute Gasteiger partial charge is 0.255 e. The average molecular weight is 352 g/mol. The molecule has 1 heterocycles. The van der Waals surface area contributed by atoms with Gasteiger partial charge >= 0.3 is 0 Å². The molecule has 132 valence electrons. The first-order valence-electron chi connectivity index (χ1n) is 7.85. The van der Waals surface area contributed by atoms with Crippen LogP contribution in [0.15, 0.2) is 60.9 Å². The minimum Gasteiger partial charge on any atom is -0.457 e. The lowest BCUT2D eigenvalue weighted by Crippen LogP contribution is -2.15. The summed E-state index contributed by atoms with van der Waals surface area (Å²) in [5.41, 5.74) is 0.909. The van der Waals surface area contributed by atoms with Gasteiger partial charge < -0.3 is 15.0 Å². The van der Waals surface area contributed by atoms with Crippen molar-refractivity contribution in [3.63, 3.8) is 0 Å². The molecule has 1 N–H and O–H groups in total.